The van der Waals surface area contributed by atoms with Gasteiger partial charge in [-0.1, -0.05) is 0 Å². The standard InChI is InChI=1S/C18H27N5O10/c19-12(24)4-3-9(21-15(29)8-2-1-5-20-8)16(30)22-10(6-13(25)26)17(31)23-11(18(32)33)7-14(27)28/h8-11,20H,1-7H2,(H2,19,24)(H,21,29)(H,22,30)(H,23,31)(H,25,26)(H,27,28)(H,32,33). The summed E-state index contributed by atoms with van der Waals surface area (Å²) in [6, 6.07) is -5.57. The fourth-order valence-electron chi connectivity index (χ4n) is 3.04. The van der Waals surface area contributed by atoms with Crippen molar-refractivity contribution in [3.05, 3.63) is 0 Å². The third-order valence-corrected chi connectivity index (χ3v) is 4.69. The highest BCUT2D eigenvalue weighted by Gasteiger charge is 2.33. The van der Waals surface area contributed by atoms with Crippen LogP contribution in [0.5, 0.6) is 0 Å². The maximum atomic E-state index is 12.7. The first-order valence-corrected chi connectivity index (χ1v) is 9.99. The fourth-order valence-corrected chi connectivity index (χ4v) is 3.04. The van der Waals surface area contributed by atoms with Crippen molar-refractivity contribution in [3.8, 4) is 0 Å². The third-order valence-electron chi connectivity index (χ3n) is 4.69. The Kier molecular flexibility index (Phi) is 10.7. The van der Waals surface area contributed by atoms with Crippen molar-refractivity contribution in [1.82, 2.24) is 21.3 Å². The minimum absolute atomic E-state index is 0.238. The van der Waals surface area contributed by atoms with Gasteiger partial charge in [0.25, 0.3) is 0 Å². The first-order chi connectivity index (χ1) is 15.4. The largest absolute Gasteiger partial charge is 0.481 e. The Morgan fingerprint density at radius 3 is 1.88 bits per heavy atom. The number of aliphatic carboxylic acids is 3. The molecule has 0 aromatic carbocycles. The maximum absolute atomic E-state index is 12.7. The summed E-state index contributed by atoms with van der Waals surface area (Å²) >= 11 is 0. The molecule has 0 spiro atoms. The maximum Gasteiger partial charge on any atom is 0.326 e. The summed E-state index contributed by atoms with van der Waals surface area (Å²) in [5.41, 5.74) is 5.09. The predicted molar refractivity (Wildman–Crippen MR) is 107 cm³/mol. The van der Waals surface area contributed by atoms with Crippen molar-refractivity contribution in [2.75, 3.05) is 6.54 Å². The van der Waals surface area contributed by atoms with Gasteiger partial charge in [0.2, 0.25) is 23.6 Å². The Hall–Kier alpha value is -3.75. The lowest BCUT2D eigenvalue weighted by atomic mass is 10.1. The van der Waals surface area contributed by atoms with E-state index in [4.69, 9.17) is 21.1 Å². The SMILES string of the molecule is NC(=O)CCC(NC(=O)C1CCCN1)C(=O)NC(CC(=O)O)C(=O)NC(CC(=O)O)C(=O)O. The molecular weight excluding hydrogens is 446 g/mol. The van der Waals surface area contributed by atoms with E-state index in [0.717, 1.165) is 6.42 Å². The molecule has 0 saturated carbocycles. The first kappa shape index (κ1) is 27.3. The van der Waals surface area contributed by atoms with Crippen LogP contribution in [0.25, 0.3) is 0 Å². The summed E-state index contributed by atoms with van der Waals surface area (Å²) in [6.45, 7) is 0.595. The van der Waals surface area contributed by atoms with E-state index in [1.807, 2.05) is 5.32 Å². The second-order valence-corrected chi connectivity index (χ2v) is 7.37. The summed E-state index contributed by atoms with van der Waals surface area (Å²) < 4.78 is 0. The van der Waals surface area contributed by atoms with Gasteiger partial charge in [-0.15, -0.1) is 0 Å². The summed E-state index contributed by atoms with van der Waals surface area (Å²) in [4.78, 5) is 81.7. The van der Waals surface area contributed by atoms with E-state index in [1.165, 1.54) is 0 Å². The molecule has 4 amide bonds. The molecule has 15 nitrogen and oxygen atoms in total. The topological polar surface area (TPSA) is 254 Å². The van der Waals surface area contributed by atoms with Gasteiger partial charge >= 0.3 is 17.9 Å². The molecule has 4 unspecified atom stereocenters. The van der Waals surface area contributed by atoms with Crippen LogP contribution in [0, 0.1) is 0 Å². The number of carboxylic acid groups (broad SMARTS) is 3. The van der Waals surface area contributed by atoms with Gasteiger partial charge < -0.3 is 42.3 Å². The lowest BCUT2D eigenvalue weighted by Gasteiger charge is -2.24. The van der Waals surface area contributed by atoms with Crippen LogP contribution in [-0.2, 0) is 33.6 Å². The molecule has 0 aliphatic carbocycles. The zero-order valence-electron chi connectivity index (χ0n) is 17.5. The van der Waals surface area contributed by atoms with Crippen LogP contribution in [0.3, 0.4) is 0 Å². The van der Waals surface area contributed by atoms with E-state index in [2.05, 4.69) is 16.0 Å². The average molecular weight is 473 g/mol. The Morgan fingerprint density at radius 2 is 1.39 bits per heavy atom. The van der Waals surface area contributed by atoms with Crippen LogP contribution in [0.15, 0.2) is 0 Å². The van der Waals surface area contributed by atoms with Gasteiger partial charge in [-0.25, -0.2) is 4.79 Å². The smallest absolute Gasteiger partial charge is 0.326 e. The molecule has 0 aromatic heterocycles. The van der Waals surface area contributed by atoms with Gasteiger partial charge in [-0.05, 0) is 25.8 Å². The van der Waals surface area contributed by atoms with Gasteiger partial charge in [0, 0.05) is 6.42 Å². The highest BCUT2D eigenvalue weighted by molar-refractivity contribution is 5.96. The fraction of sp³-hybridized carbons (Fsp3) is 0.611. The van der Waals surface area contributed by atoms with Crippen LogP contribution in [0.1, 0.15) is 38.5 Å². The molecule has 0 bridgehead atoms. The van der Waals surface area contributed by atoms with Gasteiger partial charge in [0.05, 0.1) is 18.9 Å². The normalized spacial score (nSPS) is 17.8. The van der Waals surface area contributed by atoms with Crippen molar-refractivity contribution in [3.63, 3.8) is 0 Å². The van der Waals surface area contributed by atoms with Crippen molar-refractivity contribution in [2.45, 2.75) is 62.7 Å². The van der Waals surface area contributed by atoms with Crippen molar-refractivity contribution in [1.29, 1.82) is 0 Å². The van der Waals surface area contributed by atoms with E-state index in [-0.39, 0.29) is 12.8 Å². The summed E-state index contributed by atoms with van der Waals surface area (Å²) in [7, 11) is 0. The molecular formula is C18H27N5O10. The second-order valence-electron chi connectivity index (χ2n) is 7.37. The molecule has 0 aromatic rings. The zero-order valence-corrected chi connectivity index (χ0v) is 17.5. The van der Waals surface area contributed by atoms with E-state index in [9.17, 15) is 33.6 Å². The van der Waals surface area contributed by atoms with Crippen LogP contribution in [0.4, 0.5) is 0 Å². The molecule has 1 heterocycles. The number of primary amides is 1. The molecule has 9 N–H and O–H groups in total. The van der Waals surface area contributed by atoms with Crippen molar-refractivity contribution >= 4 is 41.5 Å². The van der Waals surface area contributed by atoms with Gasteiger partial charge in [0.1, 0.15) is 18.1 Å². The Morgan fingerprint density at radius 1 is 0.848 bits per heavy atom. The molecule has 15 heteroatoms. The van der Waals surface area contributed by atoms with E-state index < -0.39 is 78.5 Å². The van der Waals surface area contributed by atoms with Crippen LogP contribution in [0.2, 0.25) is 0 Å². The zero-order chi connectivity index (χ0) is 25.1. The van der Waals surface area contributed by atoms with Gasteiger partial charge in [0.15, 0.2) is 0 Å². The minimum Gasteiger partial charge on any atom is -0.481 e. The number of carboxylic acids is 3. The van der Waals surface area contributed by atoms with E-state index >= 15 is 0 Å². The summed E-state index contributed by atoms with van der Waals surface area (Å²) in [6.07, 6.45) is -1.24. The number of hydrogen-bond acceptors (Lipinski definition) is 8. The number of hydrogen-bond donors (Lipinski definition) is 8. The Labute approximate surface area is 187 Å². The van der Waals surface area contributed by atoms with Crippen molar-refractivity contribution in [2.24, 2.45) is 5.73 Å². The number of nitrogens with one attached hydrogen (secondary N) is 4. The lowest BCUT2D eigenvalue weighted by molar-refractivity contribution is -0.148. The third kappa shape index (κ3) is 9.94. The van der Waals surface area contributed by atoms with Crippen LogP contribution in [-0.4, -0.2) is 87.6 Å². The number of carbonyl (C=O) groups excluding carboxylic acids is 4. The average Bonchev–Trinajstić information content (AvgIpc) is 3.23. The molecule has 0 radical (unpaired) electrons. The molecule has 184 valence electrons. The molecule has 1 aliphatic heterocycles. The highest BCUT2D eigenvalue weighted by atomic mass is 16.4. The van der Waals surface area contributed by atoms with Crippen LogP contribution < -0.4 is 27.0 Å². The molecule has 1 rings (SSSR count). The van der Waals surface area contributed by atoms with E-state index in [1.54, 1.807) is 0 Å². The molecule has 4 atom stereocenters. The highest BCUT2D eigenvalue weighted by Crippen LogP contribution is 2.07. The van der Waals surface area contributed by atoms with E-state index in [0.29, 0.717) is 13.0 Å². The molecule has 1 aliphatic rings. The number of rotatable bonds is 14. The molecule has 1 saturated heterocycles. The number of carbonyl (C=O) groups is 7. The quantitative estimate of drug-likeness (QED) is 0.123. The second kappa shape index (κ2) is 12.9. The molecule has 33 heavy (non-hydrogen) atoms. The van der Waals surface area contributed by atoms with Crippen molar-refractivity contribution < 1.29 is 48.9 Å². The summed E-state index contributed by atoms with van der Waals surface area (Å²) in [5, 5.41) is 36.2. The lowest BCUT2D eigenvalue weighted by Crippen LogP contribution is -2.57. The summed E-state index contributed by atoms with van der Waals surface area (Å²) in [5.74, 6) is -8.29. The molecule has 1 fully saturated rings. The number of nitrogens with two attached hydrogens (primary N) is 1. The first-order valence-electron chi connectivity index (χ1n) is 9.99. The van der Waals surface area contributed by atoms with Gasteiger partial charge in [-0.3, -0.25) is 28.8 Å². The Bertz CT molecular complexity index is 795. The minimum atomic E-state index is -1.87. The number of amides is 4. The Balaban J connectivity index is 2.96. The van der Waals surface area contributed by atoms with Crippen LogP contribution >= 0.6 is 0 Å². The van der Waals surface area contributed by atoms with Gasteiger partial charge in [-0.2, -0.15) is 0 Å². The monoisotopic (exact) mass is 473 g/mol. The predicted octanol–water partition coefficient (Wildman–Crippen LogP) is -3.51.